The summed E-state index contributed by atoms with van der Waals surface area (Å²) in [6, 6.07) is 7.38. The zero-order valence-corrected chi connectivity index (χ0v) is 9.80. The second kappa shape index (κ2) is 4.06. The van der Waals surface area contributed by atoms with E-state index < -0.39 is 0 Å². The third kappa shape index (κ3) is 2.04. The van der Waals surface area contributed by atoms with Gasteiger partial charge in [-0.3, -0.25) is 4.79 Å². The first kappa shape index (κ1) is 10.2. The SMILES string of the molecule is CCNC(=O)c1cc2cc(Br)ccc2o1. The normalized spacial score (nSPS) is 10.5. The van der Waals surface area contributed by atoms with E-state index in [1.54, 1.807) is 6.07 Å². The first-order valence-corrected chi connectivity index (χ1v) is 5.47. The Morgan fingerprint density at radius 1 is 1.47 bits per heavy atom. The molecule has 1 N–H and O–H groups in total. The van der Waals surface area contributed by atoms with Crippen molar-refractivity contribution in [3.8, 4) is 0 Å². The minimum atomic E-state index is -0.176. The van der Waals surface area contributed by atoms with E-state index in [-0.39, 0.29) is 5.91 Å². The molecule has 0 radical (unpaired) electrons. The van der Waals surface area contributed by atoms with Crippen molar-refractivity contribution in [2.24, 2.45) is 0 Å². The van der Waals surface area contributed by atoms with E-state index >= 15 is 0 Å². The summed E-state index contributed by atoms with van der Waals surface area (Å²) in [5.41, 5.74) is 0.722. The first-order chi connectivity index (χ1) is 7.20. The third-order valence-corrected chi connectivity index (χ3v) is 2.53. The van der Waals surface area contributed by atoms with Crippen molar-refractivity contribution in [2.45, 2.75) is 6.92 Å². The van der Waals surface area contributed by atoms with Gasteiger partial charge in [0.25, 0.3) is 5.91 Å². The Balaban J connectivity index is 2.42. The number of carbonyl (C=O) groups excluding carboxylic acids is 1. The largest absolute Gasteiger partial charge is 0.451 e. The minimum absolute atomic E-state index is 0.176. The van der Waals surface area contributed by atoms with Gasteiger partial charge in [-0.25, -0.2) is 0 Å². The molecule has 1 aromatic heterocycles. The number of carbonyl (C=O) groups is 1. The Hall–Kier alpha value is -1.29. The summed E-state index contributed by atoms with van der Waals surface area (Å²) in [4.78, 5) is 11.5. The predicted molar refractivity (Wildman–Crippen MR) is 61.9 cm³/mol. The van der Waals surface area contributed by atoms with Gasteiger partial charge < -0.3 is 9.73 Å². The van der Waals surface area contributed by atoms with Crippen LogP contribution < -0.4 is 5.32 Å². The van der Waals surface area contributed by atoms with Crippen molar-refractivity contribution in [1.82, 2.24) is 5.32 Å². The van der Waals surface area contributed by atoms with Crippen molar-refractivity contribution in [2.75, 3.05) is 6.54 Å². The number of nitrogens with one attached hydrogen (secondary N) is 1. The van der Waals surface area contributed by atoms with Gasteiger partial charge in [-0.1, -0.05) is 15.9 Å². The number of fused-ring (bicyclic) bond motifs is 1. The minimum Gasteiger partial charge on any atom is -0.451 e. The Kier molecular flexibility index (Phi) is 2.77. The van der Waals surface area contributed by atoms with E-state index in [1.165, 1.54) is 0 Å². The summed E-state index contributed by atoms with van der Waals surface area (Å²) in [5.74, 6) is 0.176. The van der Waals surface area contributed by atoms with Gasteiger partial charge in [-0.05, 0) is 31.2 Å². The summed E-state index contributed by atoms with van der Waals surface area (Å²) in [5, 5.41) is 3.61. The first-order valence-electron chi connectivity index (χ1n) is 4.68. The van der Waals surface area contributed by atoms with Crippen LogP contribution in [-0.4, -0.2) is 12.5 Å². The van der Waals surface area contributed by atoms with E-state index in [4.69, 9.17) is 4.42 Å². The molecule has 0 aliphatic carbocycles. The fourth-order valence-electron chi connectivity index (χ4n) is 1.37. The van der Waals surface area contributed by atoms with Crippen LogP contribution in [0, 0.1) is 0 Å². The van der Waals surface area contributed by atoms with Gasteiger partial charge in [0.2, 0.25) is 0 Å². The number of hydrogen-bond donors (Lipinski definition) is 1. The maximum Gasteiger partial charge on any atom is 0.287 e. The van der Waals surface area contributed by atoms with E-state index in [2.05, 4.69) is 21.2 Å². The summed E-state index contributed by atoms with van der Waals surface area (Å²) in [6.07, 6.45) is 0. The molecule has 0 bridgehead atoms. The summed E-state index contributed by atoms with van der Waals surface area (Å²) in [7, 11) is 0. The summed E-state index contributed by atoms with van der Waals surface area (Å²) < 4.78 is 6.38. The molecule has 15 heavy (non-hydrogen) atoms. The quantitative estimate of drug-likeness (QED) is 0.909. The highest BCUT2D eigenvalue weighted by Gasteiger charge is 2.10. The molecule has 0 saturated carbocycles. The Bertz CT molecular complexity index is 504. The molecule has 0 aliphatic heterocycles. The van der Waals surface area contributed by atoms with Crippen LogP contribution in [0.1, 0.15) is 17.5 Å². The van der Waals surface area contributed by atoms with Gasteiger partial charge >= 0.3 is 0 Å². The van der Waals surface area contributed by atoms with E-state index in [1.807, 2.05) is 25.1 Å². The number of furan rings is 1. The second-order valence-electron chi connectivity index (χ2n) is 3.15. The molecule has 0 aliphatic rings. The third-order valence-electron chi connectivity index (χ3n) is 2.04. The lowest BCUT2D eigenvalue weighted by atomic mass is 10.2. The Labute approximate surface area is 95.6 Å². The van der Waals surface area contributed by atoms with Crippen LogP contribution >= 0.6 is 15.9 Å². The number of hydrogen-bond acceptors (Lipinski definition) is 2. The lowest BCUT2D eigenvalue weighted by Crippen LogP contribution is -2.21. The molecule has 2 rings (SSSR count). The molecule has 0 fully saturated rings. The van der Waals surface area contributed by atoms with Crippen molar-refractivity contribution in [1.29, 1.82) is 0 Å². The van der Waals surface area contributed by atoms with Crippen LogP contribution in [-0.2, 0) is 0 Å². The van der Waals surface area contributed by atoms with Crippen LogP contribution in [0.3, 0.4) is 0 Å². The average Bonchev–Trinajstić information content (AvgIpc) is 2.60. The van der Waals surface area contributed by atoms with Gasteiger partial charge in [-0.2, -0.15) is 0 Å². The van der Waals surface area contributed by atoms with Crippen LogP contribution in [0.2, 0.25) is 0 Å². The van der Waals surface area contributed by atoms with E-state index in [9.17, 15) is 4.79 Å². The van der Waals surface area contributed by atoms with Crippen molar-refractivity contribution in [3.63, 3.8) is 0 Å². The van der Waals surface area contributed by atoms with E-state index in [0.29, 0.717) is 12.3 Å². The fourth-order valence-corrected chi connectivity index (χ4v) is 1.75. The lowest BCUT2D eigenvalue weighted by molar-refractivity contribution is 0.0930. The highest BCUT2D eigenvalue weighted by Crippen LogP contribution is 2.23. The maximum absolute atomic E-state index is 11.5. The smallest absolute Gasteiger partial charge is 0.287 e. The number of amides is 1. The number of rotatable bonds is 2. The van der Waals surface area contributed by atoms with Gasteiger partial charge in [0, 0.05) is 16.4 Å². The standard InChI is InChI=1S/C11H10BrNO2/c1-2-13-11(14)10-6-7-5-8(12)3-4-9(7)15-10/h3-6H,2H2,1H3,(H,13,14). The summed E-state index contributed by atoms with van der Waals surface area (Å²) in [6.45, 7) is 2.47. The Morgan fingerprint density at radius 2 is 2.27 bits per heavy atom. The molecular weight excluding hydrogens is 258 g/mol. The van der Waals surface area contributed by atoms with Crippen molar-refractivity contribution < 1.29 is 9.21 Å². The highest BCUT2D eigenvalue weighted by molar-refractivity contribution is 9.10. The second-order valence-corrected chi connectivity index (χ2v) is 4.07. The molecule has 1 heterocycles. The van der Waals surface area contributed by atoms with Crippen molar-refractivity contribution in [3.05, 3.63) is 34.5 Å². The van der Waals surface area contributed by atoms with Crippen LogP contribution in [0.5, 0.6) is 0 Å². The topological polar surface area (TPSA) is 42.2 Å². The van der Waals surface area contributed by atoms with Gasteiger partial charge in [0.05, 0.1) is 0 Å². The Morgan fingerprint density at radius 3 is 3.00 bits per heavy atom. The molecular formula is C11H10BrNO2. The predicted octanol–water partition coefficient (Wildman–Crippen LogP) is 2.95. The molecule has 4 heteroatoms. The van der Waals surface area contributed by atoms with E-state index in [0.717, 1.165) is 15.4 Å². The molecule has 1 aromatic carbocycles. The van der Waals surface area contributed by atoms with Crippen LogP contribution in [0.25, 0.3) is 11.0 Å². The molecule has 0 spiro atoms. The molecule has 78 valence electrons. The van der Waals surface area contributed by atoms with Gasteiger partial charge in [-0.15, -0.1) is 0 Å². The van der Waals surface area contributed by atoms with Crippen LogP contribution in [0.15, 0.2) is 33.2 Å². The van der Waals surface area contributed by atoms with Crippen LogP contribution in [0.4, 0.5) is 0 Å². The zero-order valence-electron chi connectivity index (χ0n) is 8.21. The monoisotopic (exact) mass is 267 g/mol. The molecule has 1 amide bonds. The average molecular weight is 268 g/mol. The van der Waals surface area contributed by atoms with Gasteiger partial charge in [0.1, 0.15) is 5.58 Å². The number of halogens is 1. The maximum atomic E-state index is 11.5. The lowest BCUT2D eigenvalue weighted by Gasteiger charge is -1.95. The van der Waals surface area contributed by atoms with Gasteiger partial charge in [0.15, 0.2) is 5.76 Å². The number of benzene rings is 1. The highest BCUT2D eigenvalue weighted by atomic mass is 79.9. The summed E-state index contributed by atoms with van der Waals surface area (Å²) >= 11 is 3.37. The zero-order chi connectivity index (χ0) is 10.8. The molecule has 0 unspecified atom stereocenters. The van der Waals surface area contributed by atoms with Crippen molar-refractivity contribution >= 4 is 32.8 Å². The molecule has 2 aromatic rings. The fraction of sp³-hybridized carbons (Fsp3) is 0.182. The molecule has 0 atom stereocenters. The molecule has 0 saturated heterocycles. The molecule has 3 nitrogen and oxygen atoms in total.